The van der Waals surface area contributed by atoms with Crippen LogP contribution in [0.15, 0.2) is 41.7 Å². The van der Waals surface area contributed by atoms with Crippen LogP contribution in [0.5, 0.6) is 0 Å². The van der Waals surface area contributed by atoms with Gasteiger partial charge in [-0.3, -0.25) is 4.21 Å². The van der Waals surface area contributed by atoms with Gasteiger partial charge in [0.2, 0.25) is 0 Å². The summed E-state index contributed by atoms with van der Waals surface area (Å²) in [5, 5.41) is 9.53. The summed E-state index contributed by atoms with van der Waals surface area (Å²) in [5.41, 5.74) is 1.89. The first-order chi connectivity index (χ1) is 11.7. The number of aryl methyl sites for hydroxylation is 1. The van der Waals surface area contributed by atoms with Crippen molar-refractivity contribution in [2.75, 3.05) is 23.9 Å². The number of hydrogen-bond donors (Lipinski definition) is 1. The summed E-state index contributed by atoms with van der Waals surface area (Å²) in [6, 6.07) is 9.90. The van der Waals surface area contributed by atoms with Gasteiger partial charge in [-0.1, -0.05) is 30.3 Å². The van der Waals surface area contributed by atoms with E-state index in [1.165, 1.54) is 6.33 Å². The van der Waals surface area contributed by atoms with E-state index in [4.69, 9.17) is 0 Å². The second-order valence-corrected chi connectivity index (χ2v) is 7.63. The lowest BCUT2D eigenvalue weighted by molar-refractivity contribution is 0.682. The first-order valence-corrected chi connectivity index (χ1v) is 10.2. The maximum absolute atomic E-state index is 12.2. The Morgan fingerprint density at radius 3 is 2.79 bits per heavy atom. The van der Waals surface area contributed by atoms with Gasteiger partial charge in [0.25, 0.3) is 0 Å². The quantitative estimate of drug-likeness (QED) is 0.652. The first-order valence-electron chi connectivity index (χ1n) is 7.53. The van der Waals surface area contributed by atoms with Crippen LogP contribution < -0.4 is 5.32 Å². The van der Waals surface area contributed by atoms with Gasteiger partial charge < -0.3 is 5.32 Å². The summed E-state index contributed by atoms with van der Waals surface area (Å²) in [5.74, 6) is 1.88. The highest BCUT2D eigenvalue weighted by Crippen LogP contribution is 2.28. The lowest BCUT2D eigenvalue weighted by atomic mass is 10.2. The van der Waals surface area contributed by atoms with E-state index in [0.29, 0.717) is 18.1 Å². The molecule has 3 rings (SSSR count). The van der Waals surface area contributed by atoms with Crippen LogP contribution in [0.3, 0.4) is 0 Å². The minimum absolute atomic E-state index is 0.565. The van der Waals surface area contributed by atoms with Gasteiger partial charge in [0, 0.05) is 35.9 Å². The third-order valence-corrected chi connectivity index (χ3v) is 5.56. The van der Waals surface area contributed by atoms with Gasteiger partial charge in [0.15, 0.2) is 5.65 Å². The predicted molar refractivity (Wildman–Crippen MR) is 99.7 cm³/mol. The minimum Gasteiger partial charge on any atom is -0.368 e. The zero-order valence-electron chi connectivity index (χ0n) is 13.6. The standard InChI is InChI=1S/C16H19N5OS2/c1-21-15-13(16(20-21)23-2)14(18-11-19-15)17-8-9-24(22)10-12-6-4-3-5-7-12/h3-7,11H,8-10H2,1-2H3,(H,17,18,19). The number of thioether (sulfide) groups is 1. The monoisotopic (exact) mass is 361 g/mol. The Morgan fingerprint density at radius 1 is 1.25 bits per heavy atom. The van der Waals surface area contributed by atoms with E-state index in [2.05, 4.69) is 20.4 Å². The second kappa shape index (κ2) is 7.76. The third kappa shape index (κ3) is 3.76. The Bertz CT molecular complexity index is 850. The smallest absolute Gasteiger partial charge is 0.164 e. The van der Waals surface area contributed by atoms with Gasteiger partial charge >= 0.3 is 0 Å². The molecule has 0 aliphatic carbocycles. The molecular weight excluding hydrogens is 342 g/mol. The molecule has 0 spiro atoms. The van der Waals surface area contributed by atoms with Gasteiger partial charge in [0.1, 0.15) is 17.2 Å². The van der Waals surface area contributed by atoms with E-state index in [1.807, 2.05) is 43.6 Å². The molecule has 0 saturated carbocycles. The Morgan fingerprint density at radius 2 is 2.04 bits per heavy atom. The molecule has 0 fully saturated rings. The lowest BCUT2D eigenvalue weighted by Crippen LogP contribution is -2.13. The van der Waals surface area contributed by atoms with Crippen molar-refractivity contribution >= 4 is 39.4 Å². The van der Waals surface area contributed by atoms with E-state index in [9.17, 15) is 4.21 Å². The summed E-state index contributed by atoms with van der Waals surface area (Å²) >= 11 is 1.56. The van der Waals surface area contributed by atoms with Crippen LogP contribution in [-0.4, -0.2) is 42.5 Å². The van der Waals surface area contributed by atoms with E-state index in [-0.39, 0.29) is 0 Å². The Hall–Kier alpha value is -1.93. The molecule has 0 aliphatic rings. The number of nitrogens with zero attached hydrogens (tertiary/aromatic N) is 4. The number of hydrogen-bond acceptors (Lipinski definition) is 6. The molecule has 1 aromatic carbocycles. The van der Waals surface area contributed by atoms with Crippen molar-refractivity contribution in [3.63, 3.8) is 0 Å². The van der Waals surface area contributed by atoms with Gasteiger partial charge in [-0.15, -0.1) is 11.8 Å². The molecule has 1 atom stereocenters. The number of aromatic nitrogens is 4. The van der Waals surface area contributed by atoms with E-state index in [1.54, 1.807) is 16.4 Å². The second-order valence-electron chi connectivity index (χ2n) is 5.25. The zero-order valence-corrected chi connectivity index (χ0v) is 15.2. The number of anilines is 1. The summed E-state index contributed by atoms with van der Waals surface area (Å²) in [7, 11) is 0.957. The highest BCUT2D eigenvalue weighted by molar-refractivity contribution is 7.98. The van der Waals surface area contributed by atoms with Gasteiger partial charge in [-0.05, 0) is 11.8 Å². The van der Waals surface area contributed by atoms with E-state index >= 15 is 0 Å². The van der Waals surface area contributed by atoms with E-state index in [0.717, 1.165) is 27.4 Å². The summed E-state index contributed by atoms with van der Waals surface area (Å²) < 4.78 is 14.0. The average molecular weight is 361 g/mol. The average Bonchev–Trinajstić information content (AvgIpc) is 2.93. The molecule has 1 unspecified atom stereocenters. The van der Waals surface area contributed by atoms with Gasteiger partial charge in [0.05, 0.1) is 5.39 Å². The molecule has 1 N–H and O–H groups in total. The van der Waals surface area contributed by atoms with E-state index < -0.39 is 10.8 Å². The van der Waals surface area contributed by atoms with Gasteiger partial charge in [-0.25, -0.2) is 14.6 Å². The lowest BCUT2D eigenvalue weighted by Gasteiger charge is -2.07. The van der Waals surface area contributed by atoms with Crippen LogP contribution in [0.2, 0.25) is 0 Å². The molecule has 0 radical (unpaired) electrons. The number of nitrogens with one attached hydrogen (secondary N) is 1. The summed E-state index contributed by atoms with van der Waals surface area (Å²) in [4.78, 5) is 8.61. The highest BCUT2D eigenvalue weighted by atomic mass is 32.2. The molecule has 0 bridgehead atoms. The fourth-order valence-electron chi connectivity index (χ4n) is 2.44. The van der Waals surface area contributed by atoms with Crippen LogP contribution >= 0.6 is 11.8 Å². The van der Waals surface area contributed by atoms with Crippen LogP contribution in [0.1, 0.15) is 5.56 Å². The third-order valence-electron chi connectivity index (χ3n) is 3.57. The Kier molecular flexibility index (Phi) is 5.47. The predicted octanol–water partition coefficient (Wildman–Crippen LogP) is 2.45. The number of fused-ring (bicyclic) bond motifs is 1. The highest BCUT2D eigenvalue weighted by Gasteiger charge is 2.14. The first kappa shape index (κ1) is 16.9. The molecule has 2 aromatic heterocycles. The van der Waals surface area contributed by atoms with Crippen LogP contribution in [0.4, 0.5) is 5.82 Å². The number of rotatable bonds is 7. The van der Waals surface area contributed by atoms with Crippen molar-refractivity contribution in [1.82, 2.24) is 19.7 Å². The maximum atomic E-state index is 12.2. The Labute approximate surface area is 147 Å². The van der Waals surface area contributed by atoms with Crippen molar-refractivity contribution in [2.24, 2.45) is 7.05 Å². The summed E-state index contributed by atoms with van der Waals surface area (Å²) in [6.45, 7) is 0.592. The van der Waals surface area contributed by atoms with Crippen molar-refractivity contribution in [3.8, 4) is 0 Å². The molecule has 0 saturated heterocycles. The Balaban J connectivity index is 1.65. The topological polar surface area (TPSA) is 72.7 Å². The molecule has 6 nitrogen and oxygen atoms in total. The fourth-order valence-corrected chi connectivity index (χ4v) is 4.08. The molecule has 0 aliphatic heterocycles. The van der Waals surface area contributed by atoms with Crippen LogP contribution in [-0.2, 0) is 23.6 Å². The van der Waals surface area contributed by atoms with Crippen molar-refractivity contribution < 1.29 is 4.21 Å². The fraction of sp³-hybridized carbons (Fsp3) is 0.312. The zero-order chi connectivity index (χ0) is 16.9. The van der Waals surface area contributed by atoms with Crippen molar-refractivity contribution in [1.29, 1.82) is 0 Å². The SMILES string of the molecule is CSc1nn(C)c2ncnc(NCCS(=O)Cc3ccccc3)c12. The largest absolute Gasteiger partial charge is 0.368 e. The van der Waals surface area contributed by atoms with Gasteiger partial charge in [-0.2, -0.15) is 5.10 Å². The van der Waals surface area contributed by atoms with Crippen LogP contribution in [0.25, 0.3) is 11.0 Å². The molecule has 2 heterocycles. The van der Waals surface area contributed by atoms with Crippen molar-refractivity contribution in [3.05, 3.63) is 42.2 Å². The molecule has 126 valence electrons. The normalized spacial score (nSPS) is 12.4. The summed E-state index contributed by atoms with van der Waals surface area (Å²) in [6.07, 6.45) is 3.50. The minimum atomic E-state index is -0.912. The molecular formula is C16H19N5OS2. The van der Waals surface area contributed by atoms with Crippen molar-refractivity contribution in [2.45, 2.75) is 10.8 Å². The molecule has 0 amide bonds. The molecule has 3 aromatic rings. The maximum Gasteiger partial charge on any atom is 0.164 e. The molecule has 24 heavy (non-hydrogen) atoms. The molecule has 8 heteroatoms. The number of benzene rings is 1. The van der Waals surface area contributed by atoms with Crippen LogP contribution in [0, 0.1) is 0 Å².